The summed E-state index contributed by atoms with van der Waals surface area (Å²) in [6.07, 6.45) is 1.05. The monoisotopic (exact) mass is 387 g/mol. The number of amides is 1. The average Bonchev–Trinajstić information content (AvgIpc) is 3.11. The average molecular weight is 388 g/mol. The molecule has 2 aromatic carbocycles. The molecule has 3 rings (SSSR count). The molecular weight excluding hydrogens is 366 g/mol. The number of fused-ring (bicyclic) bond motifs is 1. The van der Waals surface area contributed by atoms with Crippen molar-refractivity contribution in [1.29, 1.82) is 0 Å². The number of hydrogen-bond acceptors (Lipinski definition) is 6. The van der Waals surface area contributed by atoms with Crippen LogP contribution in [-0.2, 0) is 4.79 Å². The molecule has 0 saturated carbocycles. The van der Waals surface area contributed by atoms with Gasteiger partial charge in [0.1, 0.15) is 5.75 Å². The lowest BCUT2D eigenvalue weighted by molar-refractivity contribution is -0.122. The Morgan fingerprint density at radius 2 is 2.00 bits per heavy atom. The highest BCUT2D eigenvalue weighted by Gasteiger charge is 2.21. The fraction of sp³-hybridized carbons (Fsp3) is 0.316. The Bertz CT molecular complexity index is 877. The molecule has 0 bridgehead atoms. The lowest BCUT2D eigenvalue weighted by Gasteiger charge is -2.17. The van der Waals surface area contributed by atoms with E-state index in [0.29, 0.717) is 17.3 Å². The summed E-state index contributed by atoms with van der Waals surface area (Å²) in [5.74, 6) is 1.50. The molecule has 0 aliphatic rings. The maximum atomic E-state index is 12.6. The number of carbonyl (C=O) groups is 1. The van der Waals surface area contributed by atoms with Crippen LogP contribution in [0.25, 0.3) is 10.8 Å². The van der Waals surface area contributed by atoms with Crippen LogP contribution >= 0.6 is 23.1 Å². The number of benzene rings is 2. The second-order valence-corrected chi connectivity index (χ2v) is 8.02. The van der Waals surface area contributed by atoms with Crippen molar-refractivity contribution < 1.29 is 9.53 Å². The lowest BCUT2D eigenvalue weighted by atomic mass is 10.1. The maximum Gasteiger partial charge on any atom is 0.267 e. The van der Waals surface area contributed by atoms with Crippen molar-refractivity contribution in [1.82, 2.24) is 10.2 Å². The number of thioether (sulfide) groups is 1. The van der Waals surface area contributed by atoms with Crippen LogP contribution in [0.4, 0.5) is 5.13 Å². The van der Waals surface area contributed by atoms with E-state index in [-0.39, 0.29) is 5.91 Å². The van der Waals surface area contributed by atoms with Crippen molar-refractivity contribution in [2.75, 3.05) is 11.1 Å². The molecule has 0 aliphatic heterocycles. The third-order valence-corrected chi connectivity index (χ3v) is 5.93. The van der Waals surface area contributed by atoms with Gasteiger partial charge in [-0.05, 0) is 24.3 Å². The van der Waals surface area contributed by atoms with Gasteiger partial charge in [-0.25, -0.2) is 0 Å². The second-order valence-electron chi connectivity index (χ2n) is 5.70. The Labute approximate surface area is 161 Å². The van der Waals surface area contributed by atoms with E-state index in [1.165, 1.54) is 11.3 Å². The summed E-state index contributed by atoms with van der Waals surface area (Å²) in [7, 11) is 0. The second kappa shape index (κ2) is 9.00. The fourth-order valence-corrected chi connectivity index (χ4v) is 4.15. The third-order valence-electron chi connectivity index (χ3n) is 3.75. The van der Waals surface area contributed by atoms with E-state index in [1.54, 1.807) is 11.8 Å². The number of hydrogen-bond donors (Lipinski definition) is 1. The van der Waals surface area contributed by atoms with Crippen LogP contribution in [0.2, 0.25) is 0 Å². The topological polar surface area (TPSA) is 64.1 Å². The molecule has 0 spiro atoms. The molecule has 1 amide bonds. The van der Waals surface area contributed by atoms with E-state index < -0.39 is 6.10 Å². The number of nitrogens with zero attached hydrogens (tertiary/aromatic N) is 2. The lowest BCUT2D eigenvalue weighted by Crippen LogP contribution is -2.32. The van der Waals surface area contributed by atoms with Crippen LogP contribution < -0.4 is 10.1 Å². The van der Waals surface area contributed by atoms with Crippen LogP contribution in [-0.4, -0.2) is 28.0 Å². The van der Waals surface area contributed by atoms with E-state index in [1.807, 2.05) is 49.4 Å². The molecule has 1 N–H and O–H groups in total. The minimum absolute atomic E-state index is 0.205. The van der Waals surface area contributed by atoms with Gasteiger partial charge in [0.2, 0.25) is 5.13 Å². The van der Waals surface area contributed by atoms with E-state index in [0.717, 1.165) is 27.3 Å². The maximum absolute atomic E-state index is 12.6. The van der Waals surface area contributed by atoms with Crippen molar-refractivity contribution in [3.05, 3.63) is 42.5 Å². The van der Waals surface area contributed by atoms with Crippen molar-refractivity contribution in [2.24, 2.45) is 0 Å². The SMILES string of the molecule is CCCSc1nnc(NC(=O)[C@H](CC)Oc2cccc3ccccc23)s1. The Morgan fingerprint density at radius 1 is 1.19 bits per heavy atom. The highest BCUT2D eigenvalue weighted by atomic mass is 32.2. The Balaban J connectivity index is 1.69. The van der Waals surface area contributed by atoms with Gasteiger partial charge >= 0.3 is 0 Å². The molecule has 0 fully saturated rings. The van der Waals surface area contributed by atoms with Gasteiger partial charge in [-0.15, -0.1) is 10.2 Å². The molecule has 136 valence electrons. The molecule has 1 atom stereocenters. The van der Waals surface area contributed by atoms with Gasteiger partial charge in [-0.3, -0.25) is 10.1 Å². The first-order valence-corrected chi connectivity index (χ1v) is 10.4. The number of nitrogens with one attached hydrogen (secondary N) is 1. The molecule has 5 nitrogen and oxygen atoms in total. The minimum atomic E-state index is -0.587. The number of rotatable bonds is 8. The summed E-state index contributed by atoms with van der Waals surface area (Å²) in [6, 6.07) is 13.8. The quantitative estimate of drug-likeness (QED) is 0.436. The summed E-state index contributed by atoms with van der Waals surface area (Å²) in [4.78, 5) is 12.6. The first-order chi connectivity index (χ1) is 12.7. The Hall–Kier alpha value is -2.12. The van der Waals surface area contributed by atoms with Gasteiger partial charge in [0, 0.05) is 11.1 Å². The van der Waals surface area contributed by atoms with Gasteiger partial charge in [-0.2, -0.15) is 0 Å². The molecule has 26 heavy (non-hydrogen) atoms. The zero-order valence-electron chi connectivity index (χ0n) is 14.8. The minimum Gasteiger partial charge on any atom is -0.480 e. The standard InChI is InChI=1S/C19H21N3O2S2/c1-3-12-25-19-22-21-18(26-19)20-17(23)15(4-2)24-16-11-7-9-13-8-5-6-10-14(13)16/h5-11,15H,3-4,12H2,1-2H3,(H,20,21,23)/t15-/m0/s1. The third kappa shape index (κ3) is 4.53. The highest BCUT2D eigenvalue weighted by molar-refractivity contribution is 8.01. The Morgan fingerprint density at radius 3 is 2.81 bits per heavy atom. The number of aromatic nitrogens is 2. The Kier molecular flexibility index (Phi) is 6.46. The number of ether oxygens (including phenoxy) is 1. The first kappa shape index (κ1) is 18.7. The van der Waals surface area contributed by atoms with Crippen molar-refractivity contribution in [3.63, 3.8) is 0 Å². The van der Waals surface area contributed by atoms with Gasteiger partial charge in [-0.1, -0.05) is 73.3 Å². The summed E-state index contributed by atoms with van der Waals surface area (Å²) < 4.78 is 6.89. The van der Waals surface area contributed by atoms with Crippen molar-refractivity contribution in [3.8, 4) is 5.75 Å². The molecule has 1 heterocycles. The molecule has 0 aliphatic carbocycles. The zero-order chi connectivity index (χ0) is 18.4. The molecule has 0 radical (unpaired) electrons. The van der Waals surface area contributed by atoms with E-state index in [9.17, 15) is 4.79 Å². The van der Waals surface area contributed by atoms with E-state index >= 15 is 0 Å². The van der Waals surface area contributed by atoms with Gasteiger partial charge in [0.05, 0.1) is 0 Å². The fourth-order valence-electron chi connectivity index (χ4n) is 2.47. The van der Waals surface area contributed by atoms with Crippen LogP contribution in [0.1, 0.15) is 26.7 Å². The number of anilines is 1. The molecule has 1 aromatic heterocycles. The largest absolute Gasteiger partial charge is 0.480 e. The molecule has 7 heteroatoms. The van der Waals surface area contributed by atoms with Crippen molar-refractivity contribution in [2.45, 2.75) is 37.1 Å². The highest BCUT2D eigenvalue weighted by Crippen LogP contribution is 2.28. The molecule has 3 aromatic rings. The van der Waals surface area contributed by atoms with Crippen LogP contribution in [0.3, 0.4) is 0 Å². The normalized spacial score (nSPS) is 12.1. The van der Waals surface area contributed by atoms with Gasteiger partial charge in [0.25, 0.3) is 5.91 Å². The summed E-state index contributed by atoms with van der Waals surface area (Å²) in [5, 5.41) is 13.6. The summed E-state index contributed by atoms with van der Waals surface area (Å²) in [5.41, 5.74) is 0. The van der Waals surface area contributed by atoms with Crippen LogP contribution in [0.5, 0.6) is 5.75 Å². The molecular formula is C19H21N3O2S2. The first-order valence-electron chi connectivity index (χ1n) is 8.62. The van der Waals surface area contributed by atoms with E-state index in [4.69, 9.17) is 4.74 Å². The molecule has 0 saturated heterocycles. The van der Waals surface area contributed by atoms with Gasteiger partial charge < -0.3 is 4.74 Å². The van der Waals surface area contributed by atoms with Crippen LogP contribution in [0.15, 0.2) is 46.8 Å². The predicted octanol–water partition coefficient (Wildman–Crippen LogP) is 4.99. The predicted molar refractivity (Wildman–Crippen MR) is 108 cm³/mol. The smallest absolute Gasteiger partial charge is 0.267 e. The molecule has 0 unspecified atom stereocenters. The summed E-state index contributed by atoms with van der Waals surface area (Å²) in [6.45, 7) is 4.05. The number of carbonyl (C=O) groups excluding carboxylic acids is 1. The van der Waals surface area contributed by atoms with Crippen molar-refractivity contribution >= 4 is 44.9 Å². The zero-order valence-corrected chi connectivity index (χ0v) is 16.4. The van der Waals surface area contributed by atoms with E-state index in [2.05, 4.69) is 22.4 Å². The van der Waals surface area contributed by atoms with Crippen LogP contribution in [0, 0.1) is 0 Å². The summed E-state index contributed by atoms with van der Waals surface area (Å²) >= 11 is 3.04. The van der Waals surface area contributed by atoms with Gasteiger partial charge in [0.15, 0.2) is 10.4 Å².